The Hall–Kier alpha value is -0.560. The van der Waals surface area contributed by atoms with E-state index in [4.69, 9.17) is 11.6 Å². The monoisotopic (exact) mass is 330 g/mol. The number of nitrogens with zero attached hydrogens (tertiary/aromatic N) is 4. The predicted octanol–water partition coefficient (Wildman–Crippen LogP) is 4.27. The van der Waals surface area contributed by atoms with Crippen molar-refractivity contribution in [2.75, 3.05) is 7.05 Å². The lowest BCUT2D eigenvalue weighted by Gasteiger charge is -2.23. The van der Waals surface area contributed by atoms with Crippen LogP contribution in [0, 0.1) is 6.92 Å². The zero-order valence-corrected chi connectivity index (χ0v) is 14.7. The highest BCUT2D eigenvalue weighted by Crippen LogP contribution is 2.32. The first-order chi connectivity index (χ1) is 9.40. The molecule has 20 heavy (non-hydrogen) atoms. The second kappa shape index (κ2) is 6.47. The fraction of sp³-hybridized carbons (Fsp3) is 0.615. The van der Waals surface area contributed by atoms with Crippen LogP contribution in [0.25, 0.3) is 0 Å². The van der Waals surface area contributed by atoms with Crippen molar-refractivity contribution in [1.82, 2.24) is 19.5 Å². The summed E-state index contributed by atoms with van der Waals surface area (Å²) in [6.07, 6.45) is 0. The van der Waals surface area contributed by atoms with E-state index in [2.05, 4.69) is 54.2 Å². The van der Waals surface area contributed by atoms with Gasteiger partial charge < -0.3 is 0 Å². The van der Waals surface area contributed by atoms with Crippen molar-refractivity contribution in [1.29, 1.82) is 0 Å². The molecule has 0 amide bonds. The predicted molar refractivity (Wildman–Crippen MR) is 85.7 cm³/mol. The SMILES string of the molecule is Cc1nc(C(C)C)sc1[C@@H](C)N(C)Cc1nnsc1Cl. The van der Waals surface area contributed by atoms with Crippen LogP contribution in [0.2, 0.25) is 4.34 Å². The Labute approximate surface area is 133 Å². The van der Waals surface area contributed by atoms with Crippen LogP contribution in [0.4, 0.5) is 0 Å². The molecule has 0 N–H and O–H groups in total. The molecule has 0 bridgehead atoms. The van der Waals surface area contributed by atoms with E-state index >= 15 is 0 Å². The van der Waals surface area contributed by atoms with Gasteiger partial charge in [0, 0.05) is 34.9 Å². The molecule has 110 valence electrons. The molecule has 1 atom stereocenters. The lowest BCUT2D eigenvalue weighted by atomic mass is 10.2. The molecule has 2 rings (SSSR count). The number of aryl methyl sites for hydroxylation is 1. The van der Waals surface area contributed by atoms with Gasteiger partial charge in [-0.05, 0) is 20.9 Å². The molecule has 0 aromatic carbocycles. The zero-order valence-electron chi connectivity index (χ0n) is 12.3. The maximum Gasteiger partial charge on any atom is 0.138 e. The molecule has 0 aliphatic rings. The van der Waals surface area contributed by atoms with Gasteiger partial charge in [0.15, 0.2) is 0 Å². The van der Waals surface area contributed by atoms with Crippen LogP contribution in [0.5, 0.6) is 0 Å². The topological polar surface area (TPSA) is 41.9 Å². The molecule has 0 unspecified atom stereocenters. The molecule has 2 aromatic rings. The summed E-state index contributed by atoms with van der Waals surface area (Å²) < 4.78 is 4.55. The maximum absolute atomic E-state index is 6.07. The summed E-state index contributed by atoms with van der Waals surface area (Å²) in [7, 11) is 2.08. The second-order valence-corrected chi connectivity index (χ2v) is 7.66. The molecule has 0 spiro atoms. The van der Waals surface area contributed by atoms with Gasteiger partial charge in [-0.25, -0.2) is 4.98 Å². The molecular weight excluding hydrogens is 312 g/mol. The summed E-state index contributed by atoms with van der Waals surface area (Å²) in [5.41, 5.74) is 1.97. The van der Waals surface area contributed by atoms with Gasteiger partial charge in [0.25, 0.3) is 0 Å². The van der Waals surface area contributed by atoms with Gasteiger partial charge in [-0.15, -0.1) is 16.4 Å². The van der Waals surface area contributed by atoms with Gasteiger partial charge in [-0.3, -0.25) is 4.90 Å². The van der Waals surface area contributed by atoms with Crippen molar-refractivity contribution < 1.29 is 0 Å². The Balaban J connectivity index is 2.14. The van der Waals surface area contributed by atoms with E-state index in [0.29, 0.717) is 16.8 Å². The number of hydrogen-bond donors (Lipinski definition) is 0. The van der Waals surface area contributed by atoms with Crippen LogP contribution in [-0.4, -0.2) is 26.5 Å². The van der Waals surface area contributed by atoms with Crippen molar-refractivity contribution in [3.8, 4) is 0 Å². The van der Waals surface area contributed by atoms with Crippen molar-refractivity contribution >= 4 is 34.5 Å². The normalized spacial score (nSPS) is 13.4. The highest BCUT2D eigenvalue weighted by Gasteiger charge is 2.20. The first-order valence-corrected chi connectivity index (χ1v) is 8.51. The molecule has 0 fully saturated rings. The standard InChI is InChI=1S/C13H19ClN4S2/c1-7(2)13-15-8(3)11(19-13)9(4)18(5)6-10-12(14)20-17-16-10/h7,9H,6H2,1-5H3/t9-/m1/s1. The molecule has 0 saturated heterocycles. The summed E-state index contributed by atoms with van der Waals surface area (Å²) in [4.78, 5) is 8.21. The molecular formula is C13H19ClN4S2. The molecule has 2 aromatic heterocycles. The fourth-order valence-electron chi connectivity index (χ4n) is 1.93. The molecule has 7 heteroatoms. The smallest absolute Gasteiger partial charge is 0.138 e. The average molecular weight is 331 g/mol. The van der Waals surface area contributed by atoms with E-state index in [1.54, 1.807) is 11.3 Å². The second-order valence-electron chi connectivity index (χ2n) is 5.24. The van der Waals surface area contributed by atoms with Crippen LogP contribution >= 0.6 is 34.5 Å². The van der Waals surface area contributed by atoms with Crippen LogP contribution in [0.3, 0.4) is 0 Å². The first-order valence-electron chi connectivity index (χ1n) is 6.54. The number of aromatic nitrogens is 3. The quantitative estimate of drug-likeness (QED) is 0.820. The van der Waals surface area contributed by atoms with Gasteiger partial charge in [-0.2, -0.15) is 0 Å². The van der Waals surface area contributed by atoms with E-state index < -0.39 is 0 Å². The minimum atomic E-state index is 0.290. The van der Waals surface area contributed by atoms with Gasteiger partial charge >= 0.3 is 0 Å². The summed E-state index contributed by atoms with van der Waals surface area (Å²) >= 11 is 9.10. The van der Waals surface area contributed by atoms with E-state index in [1.807, 2.05) is 0 Å². The minimum Gasteiger partial charge on any atom is -0.293 e. The average Bonchev–Trinajstić information content (AvgIpc) is 2.95. The highest BCUT2D eigenvalue weighted by molar-refractivity contribution is 7.12. The van der Waals surface area contributed by atoms with E-state index in [-0.39, 0.29) is 6.04 Å². The molecule has 0 radical (unpaired) electrons. The van der Waals surface area contributed by atoms with Crippen molar-refractivity contribution in [3.63, 3.8) is 0 Å². The van der Waals surface area contributed by atoms with Crippen molar-refractivity contribution in [3.05, 3.63) is 25.6 Å². The van der Waals surface area contributed by atoms with Crippen molar-refractivity contribution in [2.45, 2.75) is 46.2 Å². The zero-order chi connectivity index (χ0) is 14.9. The summed E-state index contributed by atoms with van der Waals surface area (Å²) in [5.74, 6) is 0.474. The summed E-state index contributed by atoms with van der Waals surface area (Å²) in [5, 5.41) is 5.27. The van der Waals surface area contributed by atoms with Crippen LogP contribution in [0.1, 0.15) is 54.0 Å². The molecule has 0 saturated carbocycles. The third-order valence-corrected chi connectivity index (χ3v) is 5.90. The van der Waals surface area contributed by atoms with Crippen molar-refractivity contribution in [2.24, 2.45) is 0 Å². The Bertz CT molecular complexity index is 579. The lowest BCUT2D eigenvalue weighted by Crippen LogP contribution is -2.22. The molecule has 0 aliphatic heterocycles. The third kappa shape index (κ3) is 3.36. The minimum absolute atomic E-state index is 0.290. The Morgan fingerprint density at radius 1 is 1.30 bits per heavy atom. The van der Waals surface area contributed by atoms with Crippen LogP contribution in [0.15, 0.2) is 0 Å². The van der Waals surface area contributed by atoms with Crippen LogP contribution < -0.4 is 0 Å². The van der Waals surface area contributed by atoms with Gasteiger partial charge in [0.2, 0.25) is 0 Å². The van der Waals surface area contributed by atoms with Gasteiger partial charge in [-0.1, -0.05) is 29.9 Å². The molecule has 2 heterocycles. The molecule has 4 nitrogen and oxygen atoms in total. The van der Waals surface area contributed by atoms with E-state index in [1.165, 1.54) is 21.4 Å². The number of halogens is 1. The highest BCUT2D eigenvalue weighted by atomic mass is 35.5. The van der Waals surface area contributed by atoms with E-state index in [0.717, 1.165) is 11.4 Å². The largest absolute Gasteiger partial charge is 0.293 e. The lowest BCUT2D eigenvalue weighted by molar-refractivity contribution is 0.252. The maximum atomic E-state index is 6.07. The molecule has 0 aliphatic carbocycles. The van der Waals surface area contributed by atoms with Crippen LogP contribution in [-0.2, 0) is 6.54 Å². The van der Waals surface area contributed by atoms with Gasteiger partial charge in [0.05, 0.1) is 10.7 Å². The Kier molecular flexibility index (Phi) is 5.12. The van der Waals surface area contributed by atoms with Gasteiger partial charge in [0.1, 0.15) is 10.0 Å². The first kappa shape index (κ1) is 15.8. The third-order valence-electron chi connectivity index (χ3n) is 3.29. The number of thiazole rings is 1. The number of hydrogen-bond acceptors (Lipinski definition) is 6. The summed E-state index contributed by atoms with van der Waals surface area (Å²) in [6, 6.07) is 0.290. The Morgan fingerprint density at radius 3 is 2.50 bits per heavy atom. The summed E-state index contributed by atoms with van der Waals surface area (Å²) in [6.45, 7) is 9.33. The Morgan fingerprint density at radius 2 is 2.00 bits per heavy atom. The van der Waals surface area contributed by atoms with E-state index in [9.17, 15) is 0 Å². The fourth-order valence-corrected chi connectivity index (χ4v) is 3.73. The number of rotatable bonds is 5.